The van der Waals surface area contributed by atoms with Crippen molar-refractivity contribution in [2.45, 2.75) is 50.6 Å². The van der Waals surface area contributed by atoms with Crippen LogP contribution in [0.1, 0.15) is 30.4 Å². The molecule has 2 aromatic rings. The second-order valence-electron chi connectivity index (χ2n) is 6.99. The van der Waals surface area contributed by atoms with E-state index in [2.05, 4.69) is 10.3 Å². The van der Waals surface area contributed by atoms with E-state index in [1.165, 1.54) is 18.2 Å². The van der Waals surface area contributed by atoms with Gasteiger partial charge in [0.05, 0.1) is 24.0 Å². The molecule has 1 aromatic heterocycles. The van der Waals surface area contributed by atoms with E-state index in [-0.39, 0.29) is 36.3 Å². The van der Waals surface area contributed by atoms with Crippen LogP contribution >= 0.6 is 0 Å². The molecule has 3 atom stereocenters. The lowest BCUT2D eigenvalue weighted by atomic mass is 10.0. The number of imidazole rings is 1. The molecule has 0 aliphatic heterocycles. The molecule has 8 heteroatoms. The van der Waals surface area contributed by atoms with Crippen LogP contribution in [0.2, 0.25) is 0 Å². The predicted octanol–water partition coefficient (Wildman–Crippen LogP) is 2.79. The number of nitrogens with one attached hydrogen (secondary N) is 1. The molecular formula is C19H22F3N3O2. The van der Waals surface area contributed by atoms with Gasteiger partial charge in [0.1, 0.15) is 0 Å². The third-order valence-electron chi connectivity index (χ3n) is 4.95. The van der Waals surface area contributed by atoms with Gasteiger partial charge in [0.15, 0.2) is 0 Å². The summed E-state index contributed by atoms with van der Waals surface area (Å²) in [6.07, 6.45) is 1.30. The fourth-order valence-electron chi connectivity index (χ4n) is 3.66. The average molecular weight is 381 g/mol. The van der Waals surface area contributed by atoms with E-state index in [9.17, 15) is 23.1 Å². The lowest BCUT2D eigenvalue weighted by molar-refractivity contribution is -0.138. The molecule has 0 bridgehead atoms. The Balaban J connectivity index is 1.51. The summed E-state index contributed by atoms with van der Waals surface area (Å²) in [4.78, 5) is 16.2. The molecule has 0 radical (unpaired) electrons. The summed E-state index contributed by atoms with van der Waals surface area (Å²) in [5, 5.41) is 13.0. The van der Waals surface area contributed by atoms with E-state index in [0.717, 1.165) is 6.07 Å². The van der Waals surface area contributed by atoms with Gasteiger partial charge >= 0.3 is 6.18 Å². The minimum absolute atomic E-state index is 0.00277. The Bertz CT molecular complexity index is 762. The molecule has 0 saturated heterocycles. The fraction of sp³-hybridized carbons (Fsp3) is 0.474. The normalized spacial score (nSPS) is 22.7. The first-order valence-corrected chi connectivity index (χ1v) is 8.91. The smallest absolute Gasteiger partial charge is 0.391 e. The van der Waals surface area contributed by atoms with Crippen molar-refractivity contribution in [3.05, 3.63) is 54.1 Å². The monoisotopic (exact) mass is 381 g/mol. The number of nitrogens with zero attached hydrogens (tertiary/aromatic N) is 2. The maximum absolute atomic E-state index is 13.0. The number of rotatable bonds is 6. The zero-order valence-corrected chi connectivity index (χ0v) is 14.7. The van der Waals surface area contributed by atoms with Crippen molar-refractivity contribution in [2.75, 3.05) is 0 Å². The van der Waals surface area contributed by atoms with Gasteiger partial charge in [0.2, 0.25) is 5.91 Å². The van der Waals surface area contributed by atoms with Gasteiger partial charge in [0.25, 0.3) is 0 Å². The van der Waals surface area contributed by atoms with E-state index in [1.54, 1.807) is 12.5 Å². The minimum atomic E-state index is -4.44. The molecule has 3 rings (SSSR count). The number of aliphatic hydroxyl groups is 1. The molecule has 5 nitrogen and oxygen atoms in total. The molecule has 1 aliphatic rings. The van der Waals surface area contributed by atoms with Crippen LogP contribution in [0.3, 0.4) is 0 Å². The maximum atomic E-state index is 13.0. The number of alkyl halides is 3. The predicted molar refractivity (Wildman–Crippen MR) is 92.7 cm³/mol. The van der Waals surface area contributed by atoms with Gasteiger partial charge in [-0.2, -0.15) is 13.2 Å². The highest BCUT2D eigenvalue weighted by atomic mass is 19.4. The first-order chi connectivity index (χ1) is 12.8. The third-order valence-corrected chi connectivity index (χ3v) is 4.95. The van der Waals surface area contributed by atoms with Crippen molar-refractivity contribution in [2.24, 2.45) is 5.92 Å². The number of benzene rings is 1. The van der Waals surface area contributed by atoms with Crippen LogP contribution in [0, 0.1) is 5.92 Å². The van der Waals surface area contributed by atoms with Crippen LogP contribution in [-0.4, -0.2) is 32.7 Å². The van der Waals surface area contributed by atoms with Crippen LogP contribution in [-0.2, 0) is 23.9 Å². The third kappa shape index (κ3) is 5.09. The van der Waals surface area contributed by atoms with Gasteiger partial charge in [-0.3, -0.25) is 4.79 Å². The van der Waals surface area contributed by atoms with Crippen LogP contribution < -0.4 is 5.32 Å². The highest BCUT2D eigenvalue weighted by Gasteiger charge is 2.35. The number of aryl methyl sites for hydroxylation is 1. The number of carbonyl (C=O) groups excluding carboxylic acids is 1. The van der Waals surface area contributed by atoms with Gasteiger partial charge in [-0.1, -0.05) is 18.2 Å². The van der Waals surface area contributed by atoms with Crippen molar-refractivity contribution in [1.82, 2.24) is 14.9 Å². The van der Waals surface area contributed by atoms with Crippen molar-refractivity contribution in [3.8, 4) is 0 Å². The Morgan fingerprint density at radius 2 is 2.07 bits per heavy atom. The molecule has 27 heavy (non-hydrogen) atoms. The fourth-order valence-corrected chi connectivity index (χ4v) is 3.66. The number of aromatic nitrogens is 2. The van der Waals surface area contributed by atoms with E-state index in [4.69, 9.17) is 0 Å². The quantitative estimate of drug-likeness (QED) is 0.809. The molecule has 1 amide bonds. The lowest BCUT2D eigenvalue weighted by Gasteiger charge is -2.17. The summed E-state index contributed by atoms with van der Waals surface area (Å²) in [6.45, 7) is 0.711. The van der Waals surface area contributed by atoms with E-state index >= 15 is 0 Å². The van der Waals surface area contributed by atoms with Crippen molar-refractivity contribution >= 4 is 5.91 Å². The number of aliphatic hydroxyl groups excluding tert-OH is 1. The molecule has 1 heterocycles. The van der Waals surface area contributed by atoms with Gasteiger partial charge in [0, 0.05) is 25.4 Å². The highest BCUT2D eigenvalue weighted by molar-refractivity contribution is 5.76. The zero-order chi connectivity index (χ0) is 19.4. The topological polar surface area (TPSA) is 67.2 Å². The molecular weight excluding hydrogens is 359 g/mol. The SMILES string of the molecule is O=C(CCc1ccccc1C(F)(F)F)N[C@@H]1CC(Cn2ccnc2)C[C@H]1O. The Morgan fingerprint density at radius 1 is 1.30 bits per heavy atom. The summed E-state index contributed by atoms with van der Waals surface area (Å²) in [5.41, 5.74) is -0.607. The molecule has 0 spiro atoms. The number of amides is 1. The zero-order valence-electron chi connectivity index (χ0n) is 14.7. The molecule has 1 aliphatic carbocycles. The first-order valence-electron chi connectivity index (χ1n) is 8.91. The number of carbonyl (C=O) groups is 1. The van der Waals surface area contributed by atoms with Gasteiger partial charge < -0.3 is 15.0 Å². The molecule has 1 unspecified atom stereocenters. The second kappa shape index (κ2) is 8.12. The van der Waals surface area contributed by atoms with Gasteiger partial charge in [-0.25, -0.2) is 4.98 Å². The van der Waals surface area contributed by atoms with Crippen LogP contribution in [0.25, 0.3) is 0 Å². The average Bonchev–Trinajstić information content (AvgIpc) is 3.23. The van der Waals surface area contributed by atoms with Crippen LogP contribution in [0.15, 0.2) is 43.0 Å². The Kier molecular flexibility index (Phi) is 5.84. The van der Waals surface area contributed by atoms with Gasteiger partial charge in [-0.05, 0) is 36.8 Å². The number of hydrogen-bond acceptors (Lipinski definition) is 3. The second-order valence-corrected chi connectivity index (χ2v) is 6.99. The summed E-state index contributed by atoms with van der Waals surface area (Å²) in [5.74, 6) is -0.134. The maximum Gasteiger partial charge on any atom is 0.416 e. The Hall–Kier alpha value is -2.35. The van der Waals surface area contributed by atoms with Gasteiger partial charge in [-0.15, -0.1) is 0 Å². The minimum Gasteiger partial charge on any atom is -0.391 e. The van der Waals surface area contributed by atoms with Crippen molar-refractivity contribution in [3.63, 3.8) is 0 Å². The van der Waals surface area contributed by atoms with Crippen molar-refractivity contribution < 1.29 is 23.1 Å². The molecule has 1 saturated carbocycles. The van der Waals surface area contributed by atoms with Crippen LogP contribution in [0.5, 0.6) is 0 Å². The molecule has 1 fully saturated rings. The highest BCUT2D eigenvalue weighted by Crippen LogP contribution is 2.32. The van der Waals surface area contributed by atoms with E-state index in [0.29, 0.717) is 19.4 Å². The molecule has 146 valence electrons. The Labute approximate surface area is 155 Å². The van der Waals surface area contributed by atoms with E-state index in [1.807, 2.05) is 10.8 Å². The van der Waals surface area contributed by atoms with Crippen molar-refractivity contribution in [1.29, 1.82) is 0 Å². The number of hydrogen-bond donors (Lipinski definition) is 2. The Morgan fingerprint density at radius 3 is 2.78 bits per heavy atom. The lowest BCUT2D eigenvalue weighted by Crippen LogP contribution is -2.40. The van der Waals surface area contributed by atoms with Crippen LogP contribution in [0.4, 0.5) is 13.2 Å². The summed E-state index contributed by atoms with van der Waals surface area (Å²) in [7, 11) is 0. The first kappa shape index (κ1) is 19.4. The summed E-state index contributed by atoms with van der Waals surface area (Å²) in [6, 6.07) is 4.91. The van der Waals surface area contributed by atoms with E-state index < -0.39 is 17.8 Å². The largest absolute Gasteiger partial charge is 0.416 e. The summed E-state index contributed by atoms with van der Waals surface area (Å²) >= 11 is 0. The molecule has 1 aromatic carbocycles. The molecule has 2 N–H and O–H groups in total. The standard InChI is InChI=1S/C19H22F3N3O2/c20-19(21,22)15-4-2-1-3-14(15)5-6-18(27)24-16-9-13(10-17(16)26)11-25-8-7-23-12-25/h1-4,7-8,12-13,16-17,26H,5-6,9-11H2,(H,24,27)/t13?,16-,17-/m1/s1. The summed E-state index contributed by atoms with van der Waals surface area (Å²) < 4.78 is 41.0. The number of halogens is 3.